The number of carbonyl (C=O) groups is 4. The SMILES string of the molecule is O=C(O)CCC(=O)NNC(=O)CNC(=O)Cc1ccccc1. The molecular formula is C14H17N3O5. The largest absolute Gasteiger partial charge is 0.481 e. The van der Waals surface area contributed by atoms with Gasteiger partial charge in [0.25, 0.3) is 5.91 Å². The maximum Gasteiger partial charge on any atom is 0.303 e. The summed E-state index contributed by atoms with van der Waals surface area (Å²) in [6.45, 7) is -0.287. The Kier molecular flexibility index (Phi) is 7.10. The van der Waals surface area contributed by atoms with Gasteiger partial charge in [-0.15, -0.1) is 0 Å². The Hall–Kier alpha value is -2.90. The van der Waals surface area contributed by atoms with Gasteiger partial charge in [-0.05, 0) is 5.56 Å². The maximum absolute atomic E-state index is 11.6. The molecule has 0 aliphatic heterocycles. The quantitative estimate of drug-likeness (QED) is 0.499. The second-order valence-electron chi connectivity index (χ2n) is 4.43. The average Bonchev–Trinajstić information content (AvgIpc) is 2.49. The van der Waals surface area contributed by atoms with E-state index in [1.54, 1.807) is 12.1 Å². The summed E-state index contributed by atoms with van der Waals surface area (Å²) in [5.41, 5.74) is 4.96. The van der Waals surface area contributed by atoms with Crippen LogP contribution in [0.5, 0.6) is 0 Å². The van der Waals surface area contributed by atoms with Crippen LogP contribution in [-0.2, 0) is 25.6 Å². The summed E-state index contributed by atoms with van der Waals surface area (Å²) in [4.78, 5) is 44.4. The topological polar surface area (TPSA) is 125 Å². The fraction of sp³-hybridized carbons (Fsp3) is 0.286. The van der Waals surface area contributed by atoms with E-state index < -0.39 is 17.8 Å². The number of nitrogens with one attached hydrogen (secondary N) is 3. The molecule has 0 saturated carbocycles. The number of amides is 3. The molecule has 0 unspecified atom stereocenters. The zero-order valence-corrected chi connectivity index (χ0v) is 11.8. The van der Waals surface area contributed by atoms with Gasteiger partial charge in [0, 0.05) is 6.42 Å². The average molecular weight is 307 g/mol. The molecule has 0 spiro atoms. The van der Waals surface area contributed by atoms with Gasteiger partial charge in [-0.1, -0.05) is 30.3 Å². The Morgan fingerprint density at radius 3 is 2.14 bits per heavy atom. The molecule has 0 radical (unpaired) electrons. The highest BCUT2D eigenvalue weighted by molar-refractivity contribution is 5.87. The summed E-state index contributed by atoms with van der Waals surface area (Å²) < 4.78 is 0. The van der Waals surface area contributed by atoms with Crippen molar-refractivity contribution in [3.05, 3.63) is 35.9 Å². The lowest BCUT2D eigenvalue weighted by Gasteiger charge is -2.08. The van der Waals surface area contributed by atoms with E-state index in [2.05, 4.69) is 16.2 Å². The zero-order chi connectivity index (χ0) is 16.4. The first-order valence-electron chi connectivity index (χ1n) is 6.57. The van der Waals surface area contributed by atoms with Crippen LogP contribution in [0.1, 0.15) is 18.4 Å². The van der Waals surface area contributed by atoms with Gasteiger partial charge < -0.3 is 10.4 Å². The van der Waals surface area contributed by atoms with Gasteiger partial charge in [0.1, 0.15) is 0 Å². The molecule has 0 aliphatic rings. The molecule has 8 nitrogen and oxygen atoms in total. The Bertz CT molecular complexity index is 545. The summed E-state index contributed by atoms with van der Waals surface area (Å²) >= 11 is 0. The molecule has 0 aromatic heterocycles. The summed E-state index contributed by atoms with van der Waals surface area (Å²) in [6, 6.07) is 9.04. The van der Waals surface area contributed by atoms with Crippen LogP contribution in [0.15, 0.2) is 30.3 Å². The smallest absolute Gasteiger partial charge is 0.303 e. The zero-order valence-electron chi connectivity index (χ0n) is 11.8. The molecule has 3 amide bonds. The van der Waals surface area contributed by atoms with Crippen molar-refractivity contribution >= 4 is 23.7 Å². The van der Waals surface area contributed by atoms with Gasteiger partial charge in [-0.3, -0.25) is 30.0 Å². The molecule has 1 aromatic rings. The van der Waals surface area contributed by atoms with Crippen LogP contribution >= 0.6 is 0 Å². The third-order valence-corrected chi connectivity index (χ3v) is 2.56. The van der Waals surface area contributed by atoms with Crippen molar-refractivity contribution < 1.29 is 24.3 Å². The highest BCUT2D eigenvalue weighted by Gasteiger charge is 2.08. The molecule has 1 aromatic carbocycles. The Balaban J connectivity index is 2.18. The predicted octanol–water partition coefficient (Wildman–Crippen LogP) is -0.642. The first-order chi connectivity index (χ1) is 10.5. The van der Waals surface area contributed by atoms with E-state index in [0.29, 0.717) is 0 Å². The lowest BCUT2D eigenvalue weighted by Crippen LogP contribution is -2.46. The van der Waals surface area contributed by atoms with Crippen molar-refractivity contribution in [2.24, 2.45) is 0 Å². The van der Waals surface area contributed by atoms with E-state index >= 15 is 0 Å². The lowest BCUT2D eigenvalue weighted by molar-refractivity contribution is -0.139. The van der Waals surface area contributed by atoms with Crippen molar-refractivity contribution in [3.63, 3.8) is 0 Å². The van der Waals surface area contributed by atoms with Crippen LogP contribution < -0.4 is 16.2 Å². The molecule has 0 aliphatic carbocycles. The third-order valence-electron chi connectivity index (χ3n) is 2.56. The number of rotatable bonds is 7. The third kappa shape index (κ3) is 7.63. The van der Waals surface area contributed by atoms with Crippen molar-refractivity contribution in [2.75, 3.05) is 6.54 Å². The number of carboxylic acid groups (broad SMARTS) is 1. The van der Waals surface area contributed by atoms with Crippen molar-refractivity contribution in [1.29, 1.82) is 0 Å². The van der Waals surface area contributed by atoms with Gasteiger partial charge >= 0.3 is 5.97 Å². The Labute approximate surface area is 126 Å². The molecule has 4 N–H and O–H groups in total. The molecule has 1 rings (SSSR count). The number of carbonyl (C=O) groups excluding carboxylic acids is 3. The predicted molar refractivity (Wildman–Crippen MR) is 76.3 cm³/mol. The molecule has 118 valence electrons. The fourth-order valence-electron chi connectivity index (χ4n) is 1.49. The van der Waals surface area contributed by atoms with Crippen LogP contribution in [0.4, 0.5) is 0 Å². The van der Waals surface area contributed by atoms with E-state index in [9.17, 15) is 19.2 Å². The highest BCUT2D eigenvalue weighted by atomic mass is 16.4. The van der Waals surface area contributed by atoms with Gasteiger partial charge in [-0.25, -0.2) is 0 Å². The van der Waals surface area contributed by atoms with Crippen molar-refractivity contribution in [3.8, 4) is 0 Å². The van der Waals surface area contributed by atoms with Gasteiger partial charge in [-0.2, -0.15) is 0 Å². The summed E-state index contributed by atoms with van der Waals surface area (Å²) in [6.07, 6.45) is -0.412. The van der Waals surface area contributed by atoms with Crippen molar-refractivity contribution in [1.82, 2.24) is 16.2 Å². The Morgan fingerprint density at radius 2 is 1.50 bits per heavy atom. The summed E-state index contributed by atoms with van der Waals surface area (Å²) in [5.74, 6) is -2.65. The van der Waals surface area contributed by atoms with Gasteiger partial charge in [0.2, 0.25) is 11.8 Å². The second kappa shape index (κ2) is 9.11. The molecule has 0 heterocycles. The van der Waals surface area contributed by atoms with E-state index in [1.165, 1.54) is 0 Å². The molecule has 0 atom stereocenters. The number of aliphatic carboxylic acids is 1. The van der Waals surface area contributed by atoms with E-state index in [4.69, 9.17) is 5.11 Å². The standard InChI is InChI=1S/C14H17N3O5/c18-11(6-7-14(21)22)16-17-13(20)9-15-12(19)8-10-4-2-1-3-5-10/h1-5H,6-9H2,(H,15,19)(H,16,18)(H,17,20)(H,21,22). The molecule has 8 heteroatoms. The first kappa shape index (κ1) is 17.2. The van der Waals surface area contributed by atoms with E-state index in [0.717, 1.165) is 5.56 Å². The molecule has 0 fully saturated rings. The molecule has 0 bridgehead atoms. The lowest BCUT2D eigenvalue weighted by atomic mass is 10.1. The molecular weight excluding hydrogens is 290 g/mol. The maximum atomic E-state index is 11.6. The van der Waals surface area contributed by atoms with Crippen LogP contribution in [0.2, 0.25) is 0 Å². The minimum Gasteiger partial charge on any atom is -0.481 e. The van der Waals surface area contributed by atoms with Gasteiger partial charge in [0.15, 0.2) is 0 Å². The molecule has 0 saturated heterocycles. The van der Waals surface area contributed by atoms with Crippen LogP contribution in [-0.4, -0.2) is 35.3 Å². The monoisotopic (exact) mass is 307 g/mol. The highest BCUT2D eigenvalue weighted by Crippen LogP contribution is 1.98. The van der Waals surface area contributed by atoms with Crippen LogP contribution in [0.25, 0.3) is 0 Å². The van der Waals surface area contributed by atoms with E-state index in [1.807, 2.05) is 18.2 Å². The second-order valence-corrected chi connectivity index (χ2v) is 4.43. The minimum atomic E-state index is -1.10. The number of carboxylic acids is 1. The van der Waals surface area contributed by atoms with Crippen LogP contribution in [0, 0.1) is 0 Å². The van der Waals surface area contributed by atoms with E-state index in [-0.39, 0.29) is 31.7 Å². The summed E-state index contributed by atoms with van der Waals surface area (Å²) in [5, 5.41) is 10.8. The minimum absolute atomic E-state index is 0.152. The normalized spacial score (nSPS) is 9.64. The summed E-state index contributed by atoms with van der Waals surface area (Å²) in [7, 11) is 0. The first-order valence-corrected chi connectivity index (χ1v) is 6.57. The fourth-order valence-corrected chi connectivity index (χ4v) is 1.49. The number of hydrazine groups is 1. The Morgan fingerprint density at radius 1 is 0.864 bits per heavy atom. The number of hydrogen-bond acceptors (Lipinski definition) is 4. The number of benzene rings is 1. The number of hydrogen-bond donors (Lipinski definition) is 4. The molecule has 22 heavy (non-hydrogen) atoms. The van der Waals surface area contributed by atoms with Crippen molar-refractivity contribution in [2.45, 2.75) is 19.3 Å². The van der Waals surface area contributed by atoms with Crippen LogP contribution in [0.3, 0.4) is 0 Å². The van der Waals surface area contributed by atoms with Gasteiger partial charge in [0.05, 0.1) is 19.4 Å².